The molecule has 3 aromatic carbocycles. The minimum absolute atomic E-state index is 0.0362. The van der Waals surface area contributed by atoms with Gasteiger partial charge in [-0.05, 0) is 61.5 Å². The Morgan fingerprint density at radius 2 is 1.69 bits per heavy atom. The molecule has 0 aliphatic carbocycles. The highest BCUT2D eigenvalue weighted by molar-refractivity contribution is 6.13. The molecule has 3 N–H and O–H groups in total. The van der Waals surface area contributed by atoms with Crippen LogP contribution in [0.5, 0.6) is 0 Å². The molecule has 2 amide bonds. The van der Waals surface area contributed by atoms with Gasteiger partial charge in [0.1, 0.15) is 6.33 Å². The van der Waals surface area contributed by atoms with E-state index >= 15 is 0 Å². The number of aromatic nitrogens is 5. The number of carbonyl (C=O) groups excluding carboxylic acids is 2. The summed E-state index contributed by atoms with van der Waals surface area (Å²) < 4.78 is 45.2. The number of hydrogen-bond donors (Lipinski definition) is 2. The molecule has 2 heterocycles. The maximum atomic E-state index is 13.7. The molecule has 0 bridgehead atoms. The smallest absolute Gasteiger partial charge is 0.366 e. The third-order valence-corrected chi connectivity index (χ3v) is 6.18. The predicted octanol–water partition coefficient (Wildman–Crippen LogP) is 3.59. The molecule has 0 atom stereocenters. The number of nitrogens with zero attached hydrogens (tertiary/aromatic N) is 5. The Morgan fingerprint density at radius 3 is 2.31 bits per heavy atom. The highest BCUT2D eigenvalue weighted by atomic mass is 19.4. The van der Waals surface area contributed by atoms with Crippen molar-refractivity contribution >= 4 is 28.4 Å². The summed E-state index contributed by atoms with van der Waals surface area (Å²) in [4.78, 5) is 36.9. The normalized spacial score (nSPS) is 11.6. The molecule has 0 fully saturated rings. The number of alkyl halides is 3. The lowest BCUT2D eigenvalue weighted by molar-refractivity contribution is -0.137. The molecule has 5 rings (SSSR count). The van der Waals surface area contributed by atoms with Crippen molar-refractivity contribution in [2.45, 2.75) is 13.1 Å². The number of rotatable bonds is 5. The molecule has 0 aliphatic rings. The van der Waals surface area contributed by atoms with Crippen molar-refractivity contribution in [3.8, 4) is 11.4 Å². The molecule has 10 nitrogen and oxygen atoms in total. The Morgan fingerprint density at radius 1 is 1.00 bits per heavy atom. The van der Waals surface area contributed by atoms with Crippen molar-refractivity contribution in [3.05, 3.63) is 99.9 Å². The molecule has 198 valence electrons. The summed E-state index contributed by atoms with van der Waals surface area (Å²) in [6.07, 6.45) is -3.36. The van der Waals surface area contributed by atoms with Crippen molar-refractivity contribution < 1.29 is 22.8 Å². The minimum atomic E-state index is -4.73. The molecule has 0 saturated carbocycles. The van der Waals surface area contributed by atoms with Crippen molar-refractivity contribution in [1.82, 2.24) is 24.1 Å². The molecular formula is C26H20F3N7O3. The molecule has 2 aromatic heterocycles. The third kappa shape index (κ3) is 4.65. The van der Waals surface area contributed by atoms with Gasteiger partial charge in [-0.25, -0.2) is 18.7 Å². The van der Waals surface area contributed by atoms with E-state index in [1.807, 2.05) is 0 Å². The van der Waals surface area contributed by atoms with E-state index in [1.54, 1.807) is 31.2 Å². The lowest BCUT2D eigenvalue weighted by atomic mass is 10.0. The van der Waals surface area contributed by atoms with Gasteiger partial charge in [-0.1, -0.05) is 6.07 Å². The van der Waals surface area contributed by atoms with Crippen LogP contribution >= 0.6 is 0 Å². The van der Waals surface area contributed by atoms with Crippen LogP contribution in [-0.4, -0.2) is 35.9 Å². The molecule has 0 saturated heterocycles. The van der Waals surface area contributed by atoms with Crippen LogP contribution in [0.2, 0.25) is 0 Å². The van der Waals surface area contributed by atoms with Crippen LogP contribution in [0, 0.1) is 6.92 Å². The van der Waals surface area contributed by atoms with E-state index in [9.17, 15) is 27.6 Å². The van der Waals surface area contributed by atoms with E-state index in [1.165, 1.54) is 51.6 Å². The largest absolute Gasteiger partial charge is 0.416 e. The summed E-state index contributed by atoms with van der Waals surface area (Å²) >= 11 is 0. The Hall–Kier alpha value is -5.20. The summed E-state index contributed by atoms with van der Waals surface area (Å²) in [5.74, 6) is -1.54. The van der Waals surface area contributed by atoms with Gasteiger partial charge in [0, 0.05) is 29.4 Å². The molecule has 0 spiro atoms. The van der Waals surface area contributed by atoms with E-state index in [-0.39, 0.29) is 33.4 Å². The van der Waals surface area contributed by atoms with E-state index < -0.39 is 23.6 Å². The fourth-order valence-electron chi connectivity index (χ4n) is 4.23. The number of amides is 2. The summed E-state index contributed by atoms with van der Waals surface area (Å²) in [6.45, 7) is 1.63. The topological polar surface area (TPSA) is 130 Å². The second-order valence-electron chi connectivity index (χ2n) is 8.74. The average molecular weight is 535 g/mol. The highest BCUT2D eigenvalue weighted by Gasteiger charge is 2.33. The summed E-state index contributed by atoms with van der Waals surface area (Å²) in [7, 11) is 1.52. The van der Waals surface area contributed by atoms with Crippen LogP contribution in [0.3, 0.4) is 0 Å². The number of anilines is 1. The summed E-state index contributed by atoms with van der Waals surface area (Å²) in [5.41, 5.74) is 5.38. The molecule has 5 aromatic rings. The standard InChI is InChI=1S/C26H20F3N7O3/c1-14-22-20(24(38)32-17-5-3-4-15(10-17)23(30)37)11-16(26(27,28)29)12-21(22)33-36(14)19-8-6-18(7-9-19)35-13-31-34(2)25(35)39/h3-13H,1-2H3,(H2,30,37)(H,32,38). The van der Waals surface area contributed by atoms with Crippen molar-refractivity contribution in [2.24, 2.45) is 12.8 Å². The van der Waals surface area contributed by atoms with Crippen LogP contribution in [0.15, 0.2) is 71.8 Å². The van der Waals surface area contributed by atoms with Gasteiger partial charge in [0.05, 0.1) is 28.0 Å². The maximum Gasteiger partial charge on any atom is 0.416 e. The lowest BCUT2D eigenvalue weighted by Crippen LogP contribution is -2.21. The van der Waals surface area contributed by atoms with E-state index in [0.29, 0.717) is 17.1 Å². The number of nitrogens with two attached hydrogens (primary N) is 1. The van der Waals surface area contributed by atoms with Gasteiger partial charge < -0.3 is 11.1 Å². The van der Waals surface area contributed by atoms with E-state index in [2.05, 4.69) is 15.5 Å². The Bertz CT molecular complexity index is 1820. The fraction of sp³-hybridized carbons (Fsp3) is 0.115. The second-order valence-corrected chi connectivity index (χ2v) is 8.74. The van der Waals surface area contributed by atoms with Crippen LogP contribution in [0.25, 0.3) is 22.3 Å². The van der Waals surface area contributed by atoms with Crippen molar-refractivity contribution in [1.29, 1.82) is 0 Å². The molecular weight excluding hydrogens is 515 g/mol. The number of carbonyl (C=O) groups is 2. The highest BCUT2D eigenvalue weighted by Crippen LogP contribution is 2.35. The zero-order chi connectivity index (χ0) is 28.1. The van der Waals surface area contributed by atoms with E-state index in [4.69, 9.17) is 5.73 Å². The number of primary amides is 1. The van der Waals surface area contributed by atoms with Gasteiger partial charge in [-0.3, -0.25) is 9.59 Å². The first-order chi connectivity index (χ1) is 18.4. The van der Waals surface area contributed by atoms with E-state index in [0.717, 1.165) is 12.1 Å². The third-order valence-electron chi connectivity index (χ3n) is 6.18. The quantitative estimate of drug-likeness (QED) is 0.355. The lowest BCUT2D eigenvalue weighted by Gasteiger charge is -2.12. The first kappa shape index (κ1) is 25.4. The fourth-order valence-corrected chi connectivity index (χ4v) is 4.23. The Kier molecular flexibility index (Phi) is 6.05. The second kappa shape index (κ2) is 9.28. The Balaban J connectivity index is 1.60. The zero-order valence-corrected chi connectivity index (χ0v) is 20.5. The van der Waals surface area contributed by atoms with Gasteiger partial charge in [0.25, 0.3) is 5.91 Å². The molecule has 13 heteroatoms. The number of halogens is 3. The number of nitrogens with one attached hydrogen (secondary N) is 1. The van der Waals surface area contributed by atoms with Gasteiger partial charge in [0.15, 0.2) is 0 Å². The van der Waals surface area contributed by atoms with Crippen LogP contribution in [0.4, 0.5) is 18.9 Å². The number of hydrogen-bond acceptors (Lipinski definition) is 5. The van der Waals surface area contributed by atoms with Gasteiger partial charge in [-0.15, -0.1) is 0 Å². The maximum absolute atomic E-state index is 13.7. The van der Waals surface area contributed by atoms with Crippen LogP contribution in [0.1, 0.15) is 32.0 Å². The number of benzene rings is 3. The molecule has 0 radical (unpaired) electrons. The van der Waals surface area contributed by atoms with Gasteiger partial charge in [-0.2, -0.15) is 23.4 Å². The summed E-state index contributed by atoms with van der Waals surface area (Å²) in [5, 5.41) is 11.0. The first-order valence-corrected chi connectivity index (χ1v) is 11.5. The molecule has 0 aliphatic heterocycles. The minimum Gasteiger partial charge on any atom is -0.366 e. The average Bonchev–Trinajstić information content (AvgIpc) is 3.41. The SMILES string of the molecule is Cc1c2c(C(=O)Nc3cccc(C(N)=O)c3)cc(C(F)(F)F)cc2nn1-c1ccc(-n2cnn(C)c2=O)cc1. The summed E-state index contributed by atoms with van der Waals surface area (Å²) in [6, 6.07) is 14.0. The van der Waals surface area contributed by atoms with Gasteiger partial charge >= 0.3 is 11.9 Å². The predicted molar refractivity (Wildman–Crippen MR) is 136 cm³/mol. The van der Waals surface area contributed by atoms with Crippen molar-refractivity contribution in [2.75, 3.05) is 5.32 Å². The van der Waals surface area contributed by atoms with Gasteiger partial charge in [0.2, 0.25) is 5.91 Å². The van der Waals surface area contributed by atoms with Crippen LogP contribution in [-0.2, 0) is 13.2 Å². The van der Waals surface area contributed by atoms with Crippen molar-refractivity contribution in [3.63, 3.8) is 0 Å². The monoisotopic (exact) mass is 535 g/mol. The Labute approximate surface area is 218 Å². The zero-order valence-electron chi connectivity index (χ0n) is 20.5. The number of aryl methyl sites for hydroxylation is 2. The molecule has 39 heavy (non-hydrogen) atoms. The van der Waals surface area contributed by atoms with Crippen LogP contribution < -0.4 is 16.7 Å². The molecule has 0 unspecified atom stereocenters. The number of fused-ring (bicyclic) bond motifs is 1. The first-order valence-electron chi connectivity index (χ1n) is 11.5.